The van der Waals surface area contributed by atoms with Crippen molar-refractivity contribution in [3.05, 3.63) is 0 Å². The van der Waals surface area contributed by atoms with E-state index in [-0.39, 0.29) is 11.0 Å². The third kappa shape index (κ3) is 10.7. The Kier molecular flexibility index (Phi) is 4.50. The monoisotopic (exact) mass is 146 g/mol. The highest BCUT2D eigenvalue weighted by molar-refractivity contribution is 7.85. The fraction of sp³-hybridized carbons (Fsp3) is 1.00. The first kappa shape index (κ1) is 10.1. The van der Waals surface area contributed by atoms with Crippen molar-refractivity contribution in [3.63, 3.8) is 0 Å². The molecule has 3 nitrogen and oxygen atoms in total. The molecule has 0 spiro atoms. The van der Waals surface area contributed by atoms with Crippen LogP contribution in [0.4, 0.5) is 4.39 Å². The van der Waals surface area contributed by atoms with Crippen LogP contribution < -0.4 is 0 Å². The van der Waals surface area contributed by atoms with Crippen LogP contribution in [0.25, 0.3) is 0 Å². The van der Waals surface area contributed by atoms with E-state index in [0.29, 0.717) is 0 Å². The zero-order valence-corrected chi connectivity index (χ0v) is 3.57. The molecule has 7 heavy (non-hydrogen) atoms. The summed E-state index contributed by atoms with van der Waals surface area (Å²) in [4.78, 5) is 0. The summed E-state index contributed by atoms with van der Waals surface area (Å²) in [6.45, 7) is 0. The van der Waals surface area contributed by atoms with Gasteiger partial charge in [-0.3, -0.25) is 4.55 Å². The van der Waals surface area contributed by atoms with Crippen LogP contribution >= 0.6 is 0 Å². The average molecular weight is 146 g/mol. The van der Waals surface area contributed by atoms with Crippen LogP contribution in [0.1, 0.15) is 0 Å². The largest absolute Gasteiger partial charge is 0.294 e. The van der Waals surface area contributed by atoms with Crippen LogP contribution in [0, 0.1) is 0 Å². The van der Waals surface area contributed by atoms with Gasteiger partial charge in [-0.15, -0.1) is 0 Å². The topological polar surface area (TPSA) is 54.4 Å². The second-order valence-corrected chi connectivity index (χ2v) is 2.07. The first-order chi connectivity index (χ1) is 2.56. The molecule has 0 aliphatic heterocycles. The van der Waals surface area contributed by atoms with Crippen molar-refractivity contribution in [2.45, 2.75) is 0 Å². The van der Waals surface area contributed by atoms with Crippen LogP contribution in [0.15, 0.2) is 0 Å². The van der Waals surface area contributed by atoms with Crippen molar-refractivity contribution in [2.24, 2.45) is 0 Å². The number of rotatable bonds is 1. The molecule has 0 fully saturated rings. The maximum absolute atomic E-state index is 10.7. The number of halogens is 1. The summed E-state index contributed by atoms with van der Waals surface area (Å²) in [6, 6.07) is -1.70. The number of alkyl halides is 1. The molecule has 0 saturated carbocycles. The fourth-order valence-electron chi connectivity index (χ4n) is 0. The molecule has 0 aliphatic rings. The van der Waals surface area contributed by atoms with Crippen molar-refractivity contribution in [2.75, 3.05) is 6.01 Å². The molecule has 0 aromatic carbocycles. The van der Waals surface area contributed by atoms with E-state index in [1.54, 1.807) is 0 Å². The maximum Gasteiger partial charge on any atom is 0.294 e. The first-order valence-electron chi connectivity index (χ1n) is 1.07. The van der Waals surface area contributed by atoms with Gasteiger partial charge in [0.25, 0.3) is 10.1 Å². The molecule has 0 bridgehead atoms. The zero-order valence-electron chi connectivity index (χ0n) is 2.76. The van der Waals surface area contributed by atoms with Crippen LogP contribution in [-0.4, -0.2) is 29.9 Å². The molecule has 0 aliphatic carbocycles. The molecule has 0 unspecified atom stereocenters. The second kappa shape index (κ2) is 3.11. The van der Waals surface area contributed by atoms with E-state index in [4.69, 9.17) is 4.55 Å². The lowest BCUT2D eigenvalue weighted by Crippen LogP contribution is -1.96. The molecule has 0 atom stereocenters. The van der Waals surface area contributed by atoms with Crippen LogP contribution in [0.3, 0.4) is 0 Å². The van der Waals surface area contributed by atoms with E-state index in [9.17, 15) is 12.8 Å². The SMILES string of the molecule is O=S(=O)(O)CF.[SiH4]. The molecule has 0 saturated heterocycles. The summed E-state index contributed by atoms with van der Waals surface area (Å²) >= 11 is 0. The van der Waals surface area contributed by atoms with Gasteiger partial charge in [-0.1, -0.05) is 0 Å². The van der Waals surface area contributed by atoms with E-state index < -0.39 is 16.1 Å². The van der Waals surface area contributed by atoms with Crippen molar-refractivity contribution in [1.82, 2.24) is 0 Å². The average Bonchev–Trinajstić information content (AvgIpc) is 1.35. The summed E-state index contributed by atoms with van der Waals surface area (Å²) in [5, 5.41) is 0. The molecule has 0 heterocycles. The third-order valence-corrected chi connectivity index (χ3v) is 0.414. The number of hydrogen-bond donors (Lipinski definition) is 1. The van der Waals surface area contributed by atoms with Gasteiger partial charge in [0.1, 0.15) is 0 Å². The Labute approximate surface area is 45.3 Å². The second-order valence-electron chi connectivity index (χ2n) is 0.691. The van der Waals surface area contributed by atoms with E-state index in [0.717, 1.165) is 0 Å². The highest BCUT2D eigenvalue weighted by atomic mass is 32.2. The summed E-state index contributed by atoms with van der Waals surface area (Å²) in [7, 11) is -4.33. The van der Waals surface area contributed by atoms with Crippen LogP contribution in [0.5, 0.6) is 0 Å². The fourth-order valence-corrected chi connectivity index (χ4v) is 0. The molecule has 0 amide bonds. The Morgan fingerprint density at radius 3 is 1.71 bits per heavy atom. The van der Waals surface area contributed by atoms with Gasteiger partial charge in [0.15, 0.2) is 0 Å². The van der Waals surface area contributed by atoms with Crippen molar-refractivity contribution in [1.29, 1.82) is 0 Å². The number of hydrogen-bond acceptors (Lipinski definition) is 2. The van der Waals surface area contributed by atoms with Gasteiger partial charge >= 0.3 is 0 Å². The Balaban J connectivity index is 0. The zero-order chi connectivity index (χ0) is 5.21. The molecule has 1 N–H and O–H groups in total. The molecule has 0 aromatic rings. The summed E-state index contributed by atoms with van der Waals surface area (Å²) in [5.41, 5.74) is 0. The standard InChI is InChI=1S/CH3FO3S.H4Si/c2-1-6(3,4)5;/h1H2,(H,3,4,5);1H4. The molecule has 0 aromatic heterocycles. The molecule has 0 radical (unpaired) electrons. The smallest absolute Gasteiger partial charge is 0.284 e. The van der Waals surface area contributed by atoms with Gasteiger partial charge < -0.3 is 0 Å². The minimum atomic E-state index is -4.33. The van der Waals surface area contributed by atoms with Crippen molar-refractivity contribution >= 4 is 21.1 Å². The molecule has 46 valence electrons. The minimum Gasteiger partial charge on any atom is -0.284 e. The molecule has 0 rings (SSSR count). The highest BCUT2D eigenvalue weighted by Gasteiger charge is 1.97. The van der Waals surface area contributed by atoms with Gasteiger partial charge in [0, 0.05) is 0 Å². The minimum absolute atomic E-state index is 0. The predicted molar refractivity (Wildman–Crippen MR) is 28.9 cm³/mol. The molecule has 6 heteroatoms. The van der Waals surface area contributed by atoms with Crippen LogP contribution in [0.2, 0.25) is 0 Å². The Morgan fingerprint density at radius 1 is 1.57 bits per heavy atom. The van der Waals surface area contributed by atoms with E-state index in [1.807, 2.05) is 0 Å². The normalized spacial score (nSPS) is 10.0. The summed E-state index contributed by atoms with van der Waals surface area (Å²) in [6.07, 6.45) is 0. The van der Waals surface area contributed by atoms with Crippen LogP contribution in [-0.2, 0) is 10.1 Å². The van der Waals surface area contributed by atoms with Gasteiger partial charge in [-0.2, -0.15) is 8.42 Å². The van der Waals surface area contributed by atoms with E-state index in [1.165, 1.54) is 0 Å². The summed E-state index contributed by atoms with van der Waals surface area (Å²) < 4.78 is 36.4. The molecular formula is CH7FO3SSi. The van der Waals surface area contributed by atoms with Gasteiger partial charge in [-0.25, -0.2) is 4.39 Å². The Morgan fingerprint density at radius 2 is 1.71 bits per heavy atom. The van der Waals surface area contributed by atoms with Gasteiger partial charge in [-0.05, 0) is 11.0 Å². The Hall–Kier alpha value is 0.0569. The Bertz CT molecular complexity index is 117. The van der Waals surface area contributed by atoms with Gasteiger partial charge in [0.05, 0.1) is 0 Å². The molecular weight excluding hydrogens is 139 g/mol. The lowest BCUT2D eigenvalue weighted by Gasteiger charge is -1.77. The van der Waals surface area contributed by atoms with Gasteiger partial charge in [0.2, 0.25) is 6.01 Å². The maximum atomic E-state index is 10.7. The van der Waals surface area contributed by atoms with E-state index in [2.05, 4.69) is 0 Å². The highest BCUT2D eigenvalue weighted by Crippen LogP contribution is 1.77. The van der Waals surface area contributed by atoms with Crippen molar-refractivity contribution in [3.8, 4) is 0 Å². The third-order valence-electron chi connectivity index (χ3n) is 0.138. The predicted octanol–water partition coefficient (Wildman–Crippen LogP) is -1.65. The van der Waals surface area contributed by atoms with E-state index >= 15 is 0 Å². The van der Waals surface area contributed by atoms with Crippen molar-refractivity contribution < 1.29 is 17.4 Å². The first-order valence-corrected chi connectivity index (χ1v) is 2.68. The quantitative estimate of drug-likeness (QED) is 0.356. The lowest BCUT2D eigenvalue weighted by molar-refractivity contribution is 0.447. The lowest BCUT2D eigenvalue weighted by atomic mass is 11.8. The summed E-state index contributed by atoms with van der Waals surface area (Å²) in [5.74, 6) is 0.